The number of nitrogens with zero attached hydrogens (tertiary/aromatic N) is 4. The van der Waals surface area contributed by atoms with Gasteiger partial charge in [0.25, 0.3) is 5.56 Å². The normalized spacial score (nSPS) is 22.1. The van der Waals surface area contributed by atoms with Crippen LogP contribution < -0.4 is 15.0 Å². The molecule has 2 bridgehead atoms. The largest absolute Gasteiger partial charge is 0.493 e. The third-order valence-electron chi connectivity index (χ3n) is 7.60. The van der Waals surface area contributed by atoms with Gasteiger partial charge in [0.05, 0.1) is 22.8 Å². The molecular formula is C25H34N6O4S. The summed E-state index contributed by atoms with van der Waals surface area (Å²) in [7, 11) is -1.70. The maximum Gasteiger partial charge on any atom is 0.277 e. The Balaban J connectivity index is 1.51. The Morgan fingerprint density at radius 2 is 2.06 bits per heavy atom. The fourth-order valence-corrected chi connectivity index (χ4v) is 6.87. The first-order chi connectivity index (χ1) is 17.2. The molecule has 194 valence electrons. The van der Waals surface area contributed by atoms with Gasteiger partial charge >= 0.3 is 0 Å². The molecule has 0 radical (unpaired) electrons. The van der Waals surface area contributed by atoms with E-state index >= 15 is 0 Å². The van der Waals surface area contributed by atoms with E-state index in [9.17, 15) is 13.2 Å². The number of aryl methyl sites for hydroxylation is 2. The van der Waals surface area contributed by atoms with Crippen LogP contribution >= 0.6 is 0 Å². The van der Waals surface area contributed by atoms with Crippen molar-refractivity contribution < 1.29 is 13.2 Å². The summed E-state index contributed by atoms with van der Waals surface area (Å²) in [6.45, 7) is 6.42. The molecule has 3 unspecified atom stereocenters. The predicted octanol–water partition coefficient (Wildman–Crippen LogP) is 2.51. The minimum Gasteiger partial charge on any atom is -0.493 e. The van der Waals surface area contributed by atoms with Gasteiger partial charge in [-0.2, -0.15) is 0 Å². The van der Waals surface area contributed by atoms with E-state index < -0.39 is 10.0 Å². The Labute approximate surface area is 211 Å². The van der Waals surface area contributed by atoms with E-state index in [0.717, 1.165) is 19.3 Å². The Bertz CT molecular complexity index is 1440. The summed E-state index contributed by atoms with van der Waals surface area (Å²) < 4.78 is 36.7. The maximum absolute atomic E-state index is 13.3. The van der Waals surface area contributed by atoms with Crippen molar-refractivity contribution in [1.82, 2.24) is 29.2 Å². The number of hydrogen-bond donors (Lipinski definition) is 2. The lowest BCUT2D eigenvalue weighted by Gasteiger charge is -2.32. The Hall–Kier alpha value is -2.76. The van der Waals surface area contributed by atoms with E-state index in [1.807, 2.05) is 13.8 Å². The van der Waals surface area contributed by atoms with Crippen LogP contribution in [0.4, 0.5) is 0 Å². The van der Waals surface area contributed by atoms with Gasteiger partial charge in [0.2, 0.25) is 10.0 Å². The molecule has 2 aliphatic rings. The first kappa shape index (κ1) is 24.9. The van der Waals surface area contributed by atoms with Gasteiger partial charge < -0.3 is 9.72 Å². The molecule has 1 saturated heterocycles. The minimum atomic E-state index is -3.79. The number of benzene rings is 1. The van der Waals surface area contributed by atoms with Crippen molar-refractivity contribution in [2.45, 2.75) is 69.9 Å². The molecule has 0 spiro atoms. The molecule has 36 heavy (non-hydrogen) atoms. The van der Waals surface area contributed by atoms with Crippen molar-refractivity contribution in [3.05, 3.63) is 40.1 Å². The molecule has 3 atom stereocenters. The van der Waals surface area contributed by atoms with Gasteiger partial charge in [-0.3, -0.25) is 9.69 Å². The van der Waals surface area contributed by atoms with Crippen LogP contribution in [0.2, 0.25) is 0 Å². The third kappa shape index (κ3) is 4.33. The number of likely N-dealkylation sites (N-methyl/N-ethyl adjacent to an activating group) is 1. The lowest BCUT2D eigenvalue weighted by Crippen LogP contribution is -2.45. The number of likely N-dealkylation sites (tertiary alicyclic amines) is 1. The second-order valence-corrected chi connectivity index (χ2v) is 11.6. The van der Waals surface area contributed by atoms with Crippen LogP contribution in [-0.4, -0.2) is 65.2 Å². The number of fused-ring (bicyclic) bond motifs is 3. The topological polar surface area (TPSA) is 122 Å². The molecule has 1 aromatic carbocycles. The molecule has 1 aliphatic heterocycles. The summed E-state index contributed by atoms with van der Waals surface area (Å²) >= 11 is 0. The number of rotatable bonds is 9. The average Bonchev–Trinajstić information content (AvgIpc) is 3.52. The maximum atomic E-state index is 13.3. The van der Waals surface area contributed by atoms with Crippen LogP contribution in [0.3, 0.4) is 0 Å². The number of nitrogens with one attached hydrogen (secondary N) is 2. The second-order valence-electron chi connectivity index (χ2n) is 9.83. The first-order valence-electron chi connectivity index (χ1n) is 12.7. The van der Waals surface area contributed by atoms with Crippen molar-refractivity contribution >= 4 is 15.5 Å². The van der Waals surface area contributed by atoms with Crippen molar-refractivity contribution in [3.8, 4) is 17.1 Å². The van der Waals surface area contributed by atoms with Crippen LogP contribution in [-0.2, 0) is 16.4 Å². The number of aromatic amines is 1. The van der Waals surface area contributed by atoms with Gasteiger partial charge in [-0.1, -0.05) is 6.92 Å². The predicted molar refractivity (Wildman–Crippen MR) is 137 cm³/mol. The molecular weight excluding hydrogens is 480 g/mol. The number of hydrogen-bond acceptors (Lipinski definition) is 7. The van der Waals surface area contributed by atoms with E-state index in [4.69, 9.17) is 4.74 Å². The highest BCUT2D eigenvalue weighted by Gasteiger charge is 2.43. The molecule has 2 aromatic heterocycles. The zero-order valence-electron chi connectivity index (χ0n) is 21.2. The quantitative estimate of drug-likeness (QED) is 0.450. The molecule has 3 aromatic rings. The first-order valence-corrected chi connectivity index (χ1v) is 14.2. The van der Waals surface area contributed by atoms with Gasteiger partial charge in [0.15, 0.2) is 11.3 Å². The van der Waals surface area contributed by atoms with E-state index in [2.05, 4.69) is 31.7 Å². The van der Waals surface area contributed by atoms with Gasteiger partial charge in [0, 0.05) is 25.0 Å². The highest BCUT2D eigenvalue weighted by Crippen LogP contribution is 2.41. The molecule has 11 heteroatoms. The fourth-order valence-electron chi connectivity index (χ4n) is 5.79. The summed E-state index contributed by atoms with van der Waals surface area (Å²) in [5.74, 6) is 1.91. The van der Waals surface area contributed by atoms with Crippen molar-refractivity contribution in [2.75, 3.05) is 20.2 Å². The number of H-pyrrole nitrogens is 1. The lowest BCUT2D eigenvalue weighted by atomic mass is 9.99. The second kappa shape index (κ2) is 9.60. The van der Waals surface area contributed by atoms with Crippen molar-refractivity contribution in [3.63, 3.8) is 0 Å². The number of ether oxygens (including phenoxy) is 1. The van der Waals surface area contributed by atoms with Crippen LogP contribution in [0, 0.1) is 12.8 Å². The Morgan fingerprint density at radius 1 is 1.25 bits per heavy atom. The molecule has 2 fully saturated rings. The highest BCUT2D eigenvalue weighted by atomic mass is 32.2. The fraction of sp³-hybridized carbons (Fsp3) is 0.560. The van der Waals surface area contributed by atoms with E-state index in [-0.39, 0.29) is 22.3 Å². The van der Waals surface area contributed by atoms with Crippen LogP contribution in [0.15, 0.2) is 27.9 Å². The van der Waals surface area contributed by atoms with Crippen LogP contribution in [0.5, 0.6) is 5.75 Å². The van der Waals surface area contributed by atoms with Gasteiger partial charge in [-0.25, -0.2) is 22.6 Å². The summed E-state index contributed by atoms with van der Waals surface area (Å²) in [6, 6.07) is 5.44. The lowest BCUT2D eigenvalue weighted by molar-refractivity contribution is 0.178. The van der Waals surface area contributed by atoms with Crippen LogP contribution in [0.25, 0.3) is 16.9 Å². The SMILES string of the molecule is CCCc1nc(C)c2c(=O)[nH]c(-c3cc(S(=O)(=O)NCC4C5CCC(C5)N4C)ccc3OCC)nn12. The standard InChI is InChI=1S/C25H34N6O4S/c1-5-7-22-27-15(3)23-25(32)28-24(29-31(22)23)19-13-18(10-11-21(19)35-6-2)36(33,34)26-14-20-16-8-9-17(12-16)30(20)4/h10-11,13,16-17,20,26H,5-9,12,14H2,1-4H3,(H,28,29,32). The Morgan fingerprint density at radius 3 is 2.75 bits per heavy atom. The molecule has 5 rings (SSSR count). The van der Waals surface area contributed by atoms with Crippen LogP contribution in [0.1, 0.15) is 51.0 Å². The molecule has 0 amide bonds. The Kier molecular flexibility index (Phi) is 6.65. The molecule has 1 aliphatic carbocycles. The number of aromatic nitrogens is 4. The molecule has 10 nitrogen and oxygen atoms in total. The molecule has 3 heterocycles. The van der Waals surface area contributed by atoms with Crippen molar-refractivity contribution in [2.24, 2.45) is 5.92 Å². The monoisotopic (exact) mass is 514 g/mol. The highest BCUT2D eigenvalue weighted by molar-refractivity contribution is 7.89. The summed E-state index contributed by atoms with van der Waals surface area (Å²) in [5, 5.41) is 4.65. The average molecular weight is 515 g/mol. The third-order valence-corrected chi connectivity index (χ3v) is 9.03. The molecule has 2 N–H and O–H groups in total. The van der Waals surface area contributed by atoms with Gasteiger partial charge in [-0.15, -0.1) is 5.10 Å². The van der Waals surface area contributed by atoms with Crippen molar-refractivity contribution in [1.29, 1.82) is 0 Å². The summed E-state index contributed by atoms with van der Waals surface area (Å²) in [6.07, 6.45) is 5.01. The number of imidazole rings is 1. The zero-order valence-corrected chi connectivity index (χ0v) is 22.1. The van der Waals surface area contributed by atoms with Gasteiger partial charge in [0.1, 0.15) is 11.6 Å². The number of piperidine rings is 1. The molecule has 1 saturated carbocycles. The zero-order chi connectivity index (χ0) is 25.6. The smallest absolute Gasteiger partial charge is 0.277 e. The van der Waals surface area contributed by atoms with E-state index in [1.54, 1.807) is 17.5 Å². The van der Waals surface area contributed by atoms with E-state index in [0.29, 0.717) is 59.9 Å². The van der Waals surface area contributed by atoms with Gasteiger partial charge in [-0.05, 0) is 70.7 Å². The number of sulfonamides is 1. The minimum absolute atomic E-state index is 0.102. The van der Waals surface area contributed by atoms with E-state index in [1.165, 1.54) is 18.6 Å². The summed E-state index contributed by atoms with van der Waals surface area (Å²) in [4.78, 5) is 22.7. The summed E-state index contributed by atoms with van der Waals surface area (Å²) in [5.41, 5.74) is 1.07.